The van der Waals surface area contributed by atoms with Crippen molar-refractivity contribution in [2.45, 2.75) is 19.1 Å². The van der Waals surface area contributed by atoms with E-state index in [-0.39, 0.29) is 30.4 Å². The number of anilines is 1. The van der Waals surface area contributed by atoms with E-state index in [0.29, 0.717) is 23.4 Å². The number of primary amides is 1. The fourth-order valence-corrected chi connectivity index (χ4v) is 3.91. The molecule has 9 nitrogen and oxygen atoms in total. The first-order valence-electron chi connectivity index (χ1n) is 11.9. The van der Waals surface area contributed by atoms with Crippen molar-refractivity contribution in [2.75, 3.05) is 11.9 Å². The molecule has 0 heterocycles. The standard InChI is InChI=1S/C29H28N4O5/c30-24(13-18-9-11-22(34)12-10-18)29(37)33-25-8-4-3-7-21(25)17-38-26-15-20-6-2-1-5-19(20)14-23(26)28(36)32-16-27(31)35/h1-12,14-15,24,34H,13,16-17,30H2,(H2,31,35)(H,32,36)(H,33,37)/t24-/m1/s1. The minimum Gasteiger partial charge on any atom is -0.508 e. The Morgan fingerprint density at radius 1 is 0.895 bits per heavy atom. The number of carbonyl (C=O) groups excluding carboxylic acids is 3. The Morgan fingerprint density at radius 2 is 1.55 bits per heavy atom. The SMILES string of the molecule is NC(=O)CNC(=O)c1cc2ccccc2cc1OCc1ccccc1NC(=O)[C@H](N)Cc1ccc(O)cc1. The predicted molar refractivity (Wildman–Crippen MR) is 145 cm³/mol. The third-order valence-corrected chi connectivity index (χ3v) is 5.90. The summed E-state index contributed by atoms with van der Waals surface area (Å²) in [7, 11) is 0. The first-order valence-corrected chi connectivity index (χ1v) is 11.9. The van der Waals surface area contributed by atoms with Crippen LogP contribution in [0.3, 0.4) is 0 Å². The zero-order valence-corrected chi connectivity index (χ0v) is 20.5. The number of nitrogens with one attached hydrogen (secondary N) is 2. The van der Waals surface area contributed by atoms with Gasteiger partial charge in [0, 0.05) is 11.3 Å². The molecule has 4 aromatic carbocycles. The summed E-state index contributed by atoms with van der Waals surface area (Å²) in [5.74, 6) is -1.07. The summed E-state index contributed by atoms with van der Waals surface area (Å²) in [4.78, 5) is 36.8. The van der Waals surface area contributed by atoms with Crippen LogP contribution in [-0.2, 0) is 22.6 Å². The second-order valence-corrected chi connectivity index (χ2v) is 8.76. The smallest absolute Gasteiger partial charge is 0.255 e. The van der Waals surface area contributed by atoms with E-state index < -0.39 is 17.9 Å². The molecular weight excluding hydrogens is 484 g/mol. The summed E-state index contributed by atoms with van der Waals surface area (Å²) in [6.45, 7) is -0.248. The number of phenols is 1. The van der Waals surface area contributed by atoms with Gasteiger partial charge >= 0.3 is 0 Å². The third-order valence-electron chi connectivity index (χ3n) is 5.90. The number of fused-ring (bicyclic) bond motifs is 1. The van der Waals surface area contributed by atoms with E-state index in [9.17, 15) is 19.5 Å². The molecule has 1 atom stereocenters. The summed E-state index contributed by atoms with van der Waals surface area (Å²) in [5, 5.41) is 16.5. The number of phenolic OH excluding ortho intramolecular Hbond substituents is 1. The number of carbonyl (C=O) groups is 3. The van der Waals surface area contributed by atoms with Gasteiger partial charge in [0.25, 0.3) is 5.91 Å². The largest absolute Gasteiger partial charge is 0.508 e. The Bertz CT molecular complexity index is 1470. The lowest BCUT2D eigenvalue weighted by Gasteiger charge is -2.17. The van der Waals surface area contributed by atoms with E-state index in [4.69, 9.17) is 16.2 Å². The van der Waals surface area contributed by atoms with Gasteiger partial charge in [0.15, 0.2) is 0 Å². The fourth-order valence-electron chi connectivity index (χ4n) is 3.91. The highest BCUT2D eigenvalue weighted by Crippen LogP contribution is 2.28. The summed E-state index contributed by atoms with van der Waals surface area (Å²) in [5.41, 5.74) is 13.6. The summed E-state index contributed by atoms with van der Waals surface area (Å²) in [6.07, 6.45) is 0.297. The van der Waals surface area contributed by atoms with Crippen molar-refractivity contribution in [2.24, 2.45) is 11.5 Å². The molecule has 0 aliphatic carbocycles. The minimum absolute atomic E-state index is 0.0537. The molecule has 3 amide bonds. The number of amides is 3. The van der Waals surface area contributed by atoms with Crippen molar-refractivity contribution in [1.82, 2.24) is 5.32 Å². The van der Waals surface area contributed by atoms with Crippen molar-refractivity contribution in [1.29, 1.82) is 0 Å². The molecule has 0 aliphatic rings. The zero-order valence-electron chi connectivity index (χ0n) is 20.5. The summed E-state index contributed by atoms with van der Waals surface area (Å²) >= 11 is 0. The van der Waals surface area contributed by atoms with Crippen LogP contribution in [0.5, 0.6) is 11.5 Å². The highest BCUT2D eigenvalue weighted by atomic mass is 16.5. The van der Waals surface area contributed by atoms with Gasteiger partial charge < -0.3 is 31.9 Å². The van der Waals surface area contributed by atoms with Gasteiger partial charge in [-0.25, -0.2) is 0 Å². The second kappa shape index (κ2) is 11.9. The molecule has 0 spiro atoms. The van der Waals surface area contributed by atoms with E-state index in [1.54, 1.807) is 54.6 Å². The van der Waals surface area contributed by atoms with Crippen molar-refractivity contribution < 1.29 is 24.2 Å². The Balaban J connectivity index is 1.51. The number of rotatable bonds is 10. The first kappa shape index (κ1) is 26.2. The van der Waals surface area contributed by atoms with Crippen LogP contribution in [0.2, 0.25) is 0 Å². The number of benzene rings is 4. The van der Waals surface area contributed by atoms with Gasteiger partial charge in [-0.2, -0.15) is 0 Å². The van der Waals surface area contributed by atoms with E-state index in [0.717, 1.165) is 16.3 Å². The topological polar surface area (TPSA) is 157 Å². The van der Waals surface area contributed by atoms with Crippen molar-refractivity contribution in [3.8, 4) is 11.5 Å². The molecule has 4 aromatic rings. The van der Waals surface area contributed by atoms with Gasteiger partial charge in [0.1, 0.15) is 18.1 Å². The number of aromatic hydroxyl groups is 1. The van der Waals surface area contributed by atoms with Crippen molar-refractivity contribution in [3.05, 3.63) is 102 Å². The number of hydrogen-bond acceptors (Lipinski definition) is 6. The summed E-state index contributed by atoms with van der Waals surface area (Å²) < 4.78 is 6.07. The maximum absolute atomic E-state index is 12.8. The molecule has 38 heavy (non-hydrogen) atoms. The Hall–Kier alpha value is -4.89. The number of ether oxygens (including phenoxy) is 1. The monoisotopic (exact) mass is 512 g/mol. The molecule has 0 saturated heterocycles. The maximum Gasteiger partial charge on any atom is 0.255 e. The van der Waals surface area contributed by atoms with Crippen LogP contribution in [-0.4, -0.2) is 35.4 Å². The molecule has 0 unspecified atom stereocenters. The van der Waals surface area contributed by atoms with Gasteiger partial charge in [-0.1, -0.05) is 54.6 Å². The van der Waals surface area contributed by atoms with E-state index in [1.807, 2.05) is 30.3 Å². The molecule has 194 valence electrons. The van der Waals surface area contributed by atoms with Crippen LogP contribution in [0.15, 0.2) is 84.9 Å². The third kappa shape index (κ3) is 6.65. The number of hydrogen-bond donors (Lipinski definition) is 5. The fraction of sp³-hybridized carbons (Fsp3) is 0.138. The molecule has 9 heteroatoms. The molecule has 0 saturated carbocycles. The maximum atomic E-state index is 12.8. The highest BCUT2D eigenvalue weighted by molar-refractivity contribution is 6.02. The molecule has 0 radical (unpaired) electrons. The molecule has 0 fully saturated rings. The van der Waals surface area contributed by atoms with Crippen LogP contribution in [0.4, 0.5) is 5.69 Å². The Labute approximate surface area is 219 Å². The van der Waals surface area contributed by atoms with Crippen LogP contribution in [0, 0.1) is 0 Å². The average molecular weight is 513 g/mol. The lowest BCUT2D eigenvalue weighted by Crippen LogP contribution is -2.37. The normalized spacial score (nSPS) is 11.5. The lowest BCUT2D eigenvalue weighted by molar-refractivity contribution is -0.118. The van der Waals surface area contributed by atoms with E-state index >= 15 is 0 Å². The summed E-state index contributed by atoms with van der Waals surface area (Å²) in [6, 6.07) is 23.8. The average Bonchev–Trinajstić information content (AvgIpc) is 2.91. The minimum atomic E-state index is -0.811. The van der Waals surface area contributed by atoms with E-state index in [1.165, 1.54) is 0 Å². The van der Waals surface area contributed by atoms with E-state index in [2.05, 4.69) is 10.6 Å². The molecule has 4 rings (SSSR count). The number of nitrogens with two attached hydrogens (primary N) is 2. The van der Waals surface area contributed by atoms with Gasteiger partial charge in [0.05, 0.1) is 18.2 Å². The Morgan fingerprint density at radius 3 is 2.26 bits per heavy atom. The molecule has 7 N–H and O–H groups in total. The van der Waals surface area contributed by atoms with Crippen LogP contribution in [0.25, 0.3) is 10.8 Å². The Kier molecular flexibility index (Phi) is 8.20. The quantitative estimate of drug-likeness (QED) is 0.220. The van der Waals surface area contributed by atoms with Gasteiger partial charge in [-0.3, -0.25) is 14.4 Å². The van der Waals surface area contributed by atoms with Gasteiger partial charge in [0.2, 0.25) is 11.8 Å². The lowest BCUT2D eigenvalue weighted by atomic mass is 10.0. The van der Waals surface area contributed by atoms with Gasteiger partial charge in [-0.05, 0) is 53.1 Å². The number of para-hydroxylation sites is 1. The predicted octanol–water partition coefficient (Wildman–Crippen LogP) is 2.85. The second-order valence-electron chi connectivity index (χ2n) is 8.76. The molecular formula is C29H28N4O5. The van der Waals surface area contributed by atoms with Crippen LogP contribution >= 0.6 is 0 Å². The van der Waals surface area contributed by atoms with Crippen LogP contribution < -0.4 is 26.8 Å². The molecule has 0 aliphatic heterocycles. The first-order chi connectivity index (χ1) is 18.3. The van der Waals surface area contributed by atoms with Crippen molar-refractivity contribution in [3.63, 3.8) is 0 Å². The van der Waals surface area contributed by atoms with Crippen LogP contribution in [0.1, 0.15) is 21.5 Å². The highest BCUT2D eigenvalue weighted by Gasteiger charge is 2.18. The zero-order chi connectivity index (χ0) is 27.1. The van der Waals surface area contributed by atoms with Crippen molar-refractivity contribution >= 4 is 34.2 Å². The van der Waals surface area contributed by atoms with Gasteiger partial charge in [-0.15, -0.1) is 0 Å². The molecule has 0 bridgehead atoms. The molecule has 0 aromatic heterocycles.